The van der Waals surface area contributed by atoms with Crippen LogP contribution in [0.25, 0.3) is 5.69 Å². The van der Waals surface area contributed by atoms with Crippen LogP contribution in [0.1, 0.15) is 26.7 Å². The molecule has 1 aromatic carbocycles. The summed E-state index contributed by atoms with van der Waals surface area (Å²) < 4.78 is 2.00. The Morgan fingerprint density at radius 1 is 1.36 bits per heavy atom. The summed E-state index contributed by atoms with van der Waals surface area (Å²) in [7, 11) is 0. The third kappa shape index (κ3) is 4.10. The first kappa shape index (κ1) is 18.1. The van der Waals surface area contributed by atoms with E-state index in [2.05, 4.69) is 20.4 Å². The van der Waals surface area contributed by atoms with Gasteiger partial charge >= 0.3 is 0 Å². The molecule has 0 radical (unpaired) electrons. The molecule has 0 unspecified atom stereocenters. The molecule has 1 aromatic heterocycles. The average Bonchev–Trinajstić information content (AvgIpc) is 3.24. The number of nitrogens with zero attached hydrogens (tertiary/aromatic N) is 4. The Balaban J connectivity index is 1.96. The molecule has 0 bridgehead atoms. The average molecular weight is 380 g/mol. The van der Waals surface area contributed by atoms with Crippen LogP contribution >= 0.6 is 23.4 Å². The number of anilines is 1. The molecular weight excluding hydrogens is 358 g/mol. The van der Waals surface area contributed by atoms with Gasteiger partial charge in [-0.25, -0.2) is 0 Å². The Kier molecular flexibility index (Phi) is 5.86. The van der Waals surface area contributed by atoms with Crippen LogP contribution in [0.2, 0.25) is 5.02 Å². The second-order valence-electron chi connectivity index (χ2n) is 5.95. The monoisotopic (exact) mass is 379 g/mol. The molecule has 1 aliphatic rings. The van der Waals surface area contributed by atoms with E-state index in [1.54, 1.807) is 0 Å². The smallest absolute Gasteiger partial charge is 0.233 e. The van der Waals surface area contributed by atoms with Crippen LogP contribution in [0.15, 0.2) is 29.4 Å². The topological polar surface area (TPSA) is 63.1 Å². The van der Waals surface area contributed by atoms with Gasteiger partial charge in [-0.15, -0.1) is 10.2 Å². The van der Waals surface area contributed by atoms with Crippen molar-refractivity contribution in [1.29, 1.82) is 0 Å². The molecule has 1 saturated heterocycles. The Morgan fingerprint density at radius 3 is 2.80 bits per heavy atom. The van der Waals surface area contributed by atoms with Gasteiger partial charge in [0.15, 0.2) is 5.16 Å². The Bertz CT molecular complexity index is 744. The first-order valence-corrected chi connectivity index (χ1v) is 9.76. The molecule has 25 heavy (non-hydrogen) atoms. The molecule has 1 aliphatic heterocycles. The van der Waals surface area contributed by atoms with Crippen molar-refractivity contribution in [3.05, 3.63) is 29.3 Å². The van der Waals surface area contributed by atoms with Crippen molar-refractivity contribution in [2.75, 3.05) is 24.5 Å². The second kappa shape index (κ2) is 8.10. The number of amides is 1. The highest BCUT2D eigenvalue weighted by atomic mass is 35.5. The molecule has 1 fully saturated rings. The highest BCUT2D eigenvalue weighted by Crippen LogP contribution is 2.31. The van der Waals surface area contributed by atoms with Crippen LogP contribution in [-0.2, 0) is 4.79 Å². The van der Waals surface area contributed by atoms with Gasteiger partial charge in [0.2, 0.25) is 11.9 Å². The van der Waals surface area contributed by atoms with Crippen molar-refractivity contribution in [1.82, 2.24) is 20.1 Å². The number of hydrogen-bond donors (Lipinski definition) is 1. The number of halogens is 1. The van der Waals surface area contributed by atoms with Crippen molar-refractivity contribution >= 4 is 35.2 Å². The maximum Gasteiger partial charge on any atom is 0.233 e. The van der Waals surface area contributed by atoms with Gasteiger partial charge in [0.1, 0.15) is 0 Å². The molecule has 2 heterocycles. The van der Waals surface area contributed by atoms with Crippen LogP contribution in [0.3, 0.4) is 0 Å². The summed E-state index contributed by atoms with van der Waals surface area (Å²) in [6.07, 6.45) is 2.31. The standard InChI is InChI=1S/C17H22ClN5OS/c1-3-19-15(24)12(2)25-17-21-20-16(22-9-4-5-10-22)23(17)14-8-6-7-13(18)11-14/h6-8,11-12H,3-5,9-10H2,1-2H3,(H,19,24)/t12-/m0/s1. The lowest BCUT2D eigenvalue weighted by atomic mass is 10.3. The van der Waals surface area contributed by atoms with Crippen LogP contribution in [0, 0.1) is 0 Å². The van der Waals surface area contributed by atoms with Gasteiger partial charge in [-0.3, -0.25) is 9.36 Å². The predicted octanol–water partition coefficient (Wildman–Crippen LogP) is 3.14. The van der Waals surface area contributed by atoms with E-state index in [1.165, 1.54) is 11.8 Å². The fourth-order valence-corrected chi connectivity index (χ4v) is 3.90. The molecule has 134 valence electrons. The second-order valence-corrected chi connectivity index (χ2v) is 7.69. The van der Waals surface area contributed by atoms with Crippen molar-refractivity contribution in [3.8, 4) is 5.69 Å². The number of thioether (sulfide) groups is 1. The first-order chi connectivity index (χ1) is 12.1. The fourth-order valence-electron chi connectivity index (χ4n) is 2.83. The number of carbonyl (C=O) groups excluding carboxylic acids is 1. The quantitative estimate of drug-likeness (QED) is 0.781. The normalized spacial score (nSPS) is 15.4. The molecule has 1 N–H and O–H groups in total. The zero-order chi connectivity index (χ0) is 17.8. The lowest BCUT2D eigenvalue weighted by Crippen LogP contribution is -2.30. The lowest BCUT2D eigenvalue weighted by Gasteiger charge is -2.19. The van der Waals surface area contributed by atoms with Gasteiger partial charge < -0.3 is 10.2 Å². The van der Waals surface area contributed by atoms with Crippen LogP contribution in [-0.4, -0.2) is 45.6 Å². The molecule has 3 rings (SSSR count). The van der Waals surface area contributed by atoms with E-state index < -0.39 is 0 Å². The molecular formula is C17H22ClN5OS. The van der Waals surface area contributed by atoms with Gasteiger partial charge in [-0.2, -0.15) is 0 Å². The summed E-state index contributed by atoms with van der Waals surface area (Å²) in [5, 5.41) is 12.7. The summed E-state index contributed by atoms with van der Waals surface area (Å²) >= 11 is 7.59. The number of rotatable bonds is 6. The SMILES string of the molecule is CCNC(=O)[C@H](C)Sc1nnc(N2CCCC2)n1-c1cccc(Cl)c1. The highest BCUT2D eigenvalue weighted by Gasteiger charge is 2.25. The maximum atomic E-state index is 12.1. The number of hydrogen-bond acceptors (Lipinski definition) is 5. The molecule has 2 aromatic rings. The zero-order valence-electron chi connectivity index (χ0n) is 14.4. The van der Waals surface area contributed by atoms with Gasteiger partial charge in [0, 0.05) is 24.7 Å². The highest BCUT2D eigenvalue weighted by molar-refractivity contribution is 8.00. The fraction of sp³-hybridized carbons (Fsp3) is 0.471. The van der Waals surface area contributed by atoms with Crippen molar-refractivity contribution in [3.63, 3.8) is 0 Å². The molecule has 0 spiro atoms. The minimum absolute atomic E-state index is 0.00383. The Hall–Kier alpha value is -1.73. The minimum Gasteiger partial charge on any atom is -0.355 e. The van der Waals surface area contributed by atoms with E-state index in [9.17, 15) is 4.79 Å². The number of benzene rings is 1. The van der Waals surface area contributed by atoms with Gasteiger partial charge in [-0.05, 0) is 44.9 Å². The van der Waals surface area contributed by atoms with E-state index in [-0.39, 0.29) is 11.2 Å². The predicted molar refractivity (Wildman–Crippen MR) is 102 cm³/mol. The molecule has 8 heteroatoms. The van der Waals surface area contributed by atoms with E-state index in [4.69, 9.17) is 11.6 Å². The van der Waals surface area contributed by atoms with Gasteiger partial charge in [0.05, 0.1) is 10.9 Å². The van der Waals surface area contributed by atoms with Crippen LogP contribution in [0.5, 0.6) is 0 Å². The number of carbonyl (C=O) groups is 1. The number of nitrogens with one attached hydrogen (secondary N) is 1. The zero-order valence-corrected chi connectivity index (χ0v) is 16.0. The molecule has 0 saturated carbocycles. The molecule has 6 nitrogen and oxygen atoms in total. The summed E-state index contributed by atoms with van der Waals surface area (Å²) in [6, 6.07) is 7.63. The van der Waals surface area contributed by atoms with Crippen LogP contribution in [0.4, 0.5) is 5.95 Å². The largest absolute Gasteiger partial charge is 0.355 e. The Labute approximate surface area is 156 Å². The van der Waals surface area contributed by atoms with E-state index in [0.29, 0.717) is 16.7 Å². The van der Waals surface area contributed by atoms with Gasteiger partial charge in [0.25, 0.3) is 0 Å². The third-order valence-electron chi connectivity index (χ3n) is 4.07. The molecule has 1 atom stereocenters. The maximum absolute atomic E-state index is 12.1. The van der Waals surface area contributed by atoms with E-state index in [0.717, 1.165) is 37.6 Å². The summed E-state index contributed by atoms with van der Waals surface area (Å²) in [5.74, 6) is 0.807. The van der Waals surface area contributed by atoms with Crippen molar-refractivity contribution in [2.24, 2.45) is 0 Å². The molecule has 0 aliphatic carbocycles. The van der Waals surface area contributed by atoms with Gasteiger partial charge in [-0.1, -0.05) is 29.4 Å². The summed E-state index contributed by atoms with van der Waals surface area (Å²) in [6.45, 7) is 6.34. The van der Waals surface area contributed by atoms with Crippen molar-refractivity contribution in [2.45, 2.75) is 37.1 Å². The minimum atomic E-state index is -0.256. The third-order valence-corrected chi connectivity index (χ3v) is 5.35. The first-order valence-electron chi connectivity index (χ1n) is 8.51. The Morgan fingerprint density at radius 2 is 2.12 bits per heavy atom. The van der Waals surface area contributed by atoms with E-state index >= 15 is 0 Å². The number of aromatic nitrogens is 3. The van der Waals surface area contributed by atoms with Crippen LogP contribution < -0.4 is 10.2 Å². The lowest BCUT2D eigenvalue weighted by molar-refractivity contribution is -0.120. The van der Waals surface area contributed by atoms with E-state index in [1.807, 2.05) is 42.7 Å². The van der Waals surface area contributed by atoms with Crippen molar-refractivity contribution < 1.29 is 4.79 Å². The molecule has 1 amide bonds. The summed E-state index contributed by atoms with van der Waals surface area (Å²) in [4.78, 5) is 14.3. The summed E-state index contributed by atoms with van der Waals surface area (Å²) in [5.41, 5.74) is 0.907.